The fraction of sp³-hybridized carbons (Fsp3) is 0.312. The molecule has 2 N–H and O–H groups in total. The SMILES string of the molecule is O=C(O)c1cc(C2=C(Oc3ccccn3)CC3C(=C2)[S-](#[O+])N[C@H](C2CCCCC2)CN3c2ccccc2)ccc1F. The van der Waals surface area contributed by atoms with Crippen LogP contribution in [-0.2, 0) is 14.9 Å². The predicted octanol–water partition coefficient (Wildman–Crippen LogP) is 6.30. The average molecular weight is 574 g/mol. The van der Waals surface area contributed by atoms with Crippen LogP contribution < -0.4 is 14.4 Å². The molecule has 2 aliphatic carbocycles. The number of fused-ring (bicyclic) bond motifs is 1. The van der Waals surface area contributed by atoms with Crippen LogP contribution in [0, 0.1) is 11.7 Å². The summed E-state index contributed by atoms with van der Waals surface area (Å²) < 4.78 is 38.2. The zero-order valence-corrected chi connectivity index (χ0v) is 23.4. The topological polar surface area (TPSA) is 94.6 Å². The molecular weight excluding hydrogens is 541 g/mol. The van der Waals surface area contributed by atoms with Crippen LogP contribution in [0.4, 0.5) is 10.1 Å². The monoisotopic (exact) mass is 573 g/mol. The number of hydrogen-bond acceptors (Lipinski definition) is 6. The van der Waals surface area contributed by atoms with Crippen molar-refractivity contribution in [3.8, 4) is 5.88 Å². The number of benzene rings is 2. The van der Waals surface area contributed by atoms with Crippen molar-refractivity contribution in [2.75, 3.05) is 11.4 Å². The van der Waals surface area contributed by atoms with Gasteiger partial charge in [0.15, 0.2) is 0 Å². The molecule has 1 aromatic heterocycles. The summed E-state index contributed by atoms with van der Waals surface area (Å²) >= 11 is 0. The van der Waals surface area contributed by atoms with Crippen molar-refractivity contribution in [1.29, 1.82) is 0 Å². The van der Waals surface area contributed by atoms with Gasteiger partial charge in [-0.15, -0.1) is 0 Å². The molecule has 1 unspecified atom stereocenters. The zero-order chi connectivity index (χ0) is 28.3. The van der Waals surface area contributed by atoms with Gasteiger partial charge < -0.3 is 0 Å². The Balaban J connectivity index is 1.47. The molecule has 0 amide bonds. The molecule has 212 valence electrons. The molecule has 1 saturated heterocycles. The van der Waals surface area contributed by atoms with Crippen LogP contribution >= 0.6 is 0 Å². The van der Waals surface area contributed by atoms with Crippen LogP contribution in [0.2, 0.25) is 0 Å². The summed E-state index contributed by atoms with van der Waals surface area (Å²) in [7, 11) is -1.50. The minimum absolute atomic E-state index is 0.0379. The van der Waals surface area contributed by atoms with E-state index in [2.05, 4.69) is 26.7 Å². The number of pyridine rings is 1. The number of allylic oxidation sites excluding steroid dienone is 2. The number of hydrogen-bond donors (Lipinski definition) is 2. The summed E-state index contributed by atoms with van der Waals surface area (Å²) in [4.78, 5) is 19.1. The van der Waals surface area contributed by atoms with Gasteiger partial charge in [-0.1, -0.05) is 0 Å². The zero-order valence-electron chi connectivity index (χ0n) is 22.5. The Morgan fingerprint density at radius 3 is 2.59 bits per heavy atom. The summed E-state index contributed by atoms with van der Waals surface area (Å²) in [5.41, 5.74) is 1.62. The molecule has 2 fully saturated rings. The second kappa shape index (κ2) is 12.1. The summed E-state index contributed by atoms with van der Waals surface area (Å²) in [5.74, 6) is -0.818. The maximum atomic E-state index is 14.4. The van der Waals surface area contributed by atoms with Crippen molar-refractivity contribution in [3.63, 3.8) is 0 Å². The number of carbonyl (C=O) groups is 1. The first kappa shape index (κ1) is 27.5. The van der Waals surface area contributed by atoms with E-state index in [9.17, 15) is 18.3 Å². The number of halogens is 1. The maximum absolute atomic E-state index is 14.4. The Kier molecular flexibility index (Phi) is 8.09. The second-order valence-electron chi connectivity index (χ2n) is 10.8. The molecule has 0 radical (unpaired) electrons. The third-order valence-electron chi connectivity index (χ3n) is 8.22. The predicted molar refractivity (Wildman–Crippen MR) is 157 cm³/mol. The van der Waals surface area contributed by atoms with Gasteiger partial charge in [0.05, 0.1) is 0 Å². The van der Waals surface area contributed by atoms with Gasteiger partial charge in [0.2, 0.25) is 0 Å². The minimum atomic E-state index is -1.50. The number of rotatable bonds is 6. The first-order chi connectivity index (χ1) is 20.0. The van der Waals surface area contributed by atoms with Crippen molar-refractivity contribution in [1.82, 2.24) is 9.71 Å². The number of ether oxygens (including phenoxy) is 1. The molecule has 3 aliphatic rings. The normalized spacial score (nSPS) is 22.0. The van der Waals surface area contributed by atoms with E-state index in [-0.39, 0.29) is 12.1 Å². The van der Waals surface area contributed by atoms with Gasteiger partial charge in [-0.05, 0) is 0 Å². The van der Waals surface area contributed by atoms with Crippen LogP contribution in [0.3, 0.4) is 0 Å². The first-order valence-electron chi connectivity index (χ1n) is 14.0. The van der Waals surface area contributed by atoms with Gasteiger partial charge in [-0.3, -0.25) is 0 Å². The van der Waals surface area contributed by atoms with E-state index in [0.29, 0.717) is 46.6 Å². The number of anilines is 1. The average Bonchev–Trinajstić information content (AvgIpc) is 3.14. The molecule has 0 spiro atoms. The van der Waals surface area contributed by atoms with Crippen LogP contribution in [-0.4, -0.2) is 34.7 Å². The van der Waals surface area contributed by atoms with E-state index in [1.165, 1.54) is 31.4 Å². The van der Waals surface area contributed by atoms with E-state index >= 15 is 0 Å². The number of carboxylic acid groups (broad SMARTS) is 1. The number of aromatic nitrogens is 1. The molecule has 1 aliphatic heterocycles. The fourth-order valence-electron chi connectivity index (χ4n) is 6.15. The molecule has 2 aromatic carbocycles. The Labute approximate surface area is 241 Å². The van der Waals surface area contributed by atoms with Crippen molar-refractivity contribution in [2.24, 2.45) is 5.92 Å². The first-order valence-corrected chi connectivity index (χ1v) is 15.2. The number of carboxylic acids is 1. The van der Waals surface area contributed by atoms with Gasteiger partial charge in [-0.25, -0.2) is 0 Å². The van der Waals surface area contributed by atoms with Crippen LogP contribution in [0.5, 0.6) is 5.88 Å². The van der Waals surface area contributed by atoms with Gasteiger partial charge >= 0.3 is 241 Å². The summed E-state index contributed by atoms with van der Waals surface area (Å²) in [6, 6.07) is 19.2. The Bertz CT molecular complexity index is 1560. The molecule has 6 rings (SSSR count). The standard InChI is InChI=1S/C32H32FN3O4S/c33-26-15-14-22(17-25(26)32(37)38)24-18-30-28(19-29(24)40-31-13-7-8-16-34-31)36(23-11-5-2-6-12-23)20-27(35-41(30)39)21-9-3-1-4-10-21/h2,5-8,11-18,21,27-28,35H,1,3-4,9-10,19-20H2,(H,37,38)/t27-,28?/m0/s1. The van der Waals surface area contributed by atoms with E-state index in [1.807, 2.05) is 30.3 Å². The summed E-state index contributed by atoms with van der Waals surface area (Å²) in [5, 5.41) is 9.59. The summed E-state index contributed by atoms with van der Waals surface area (Å²) in [6.07, 6.45) is 9.63. The van der Waals surface area contributed by atoms with Gasteiger partial charge in [0.25, 0.3) is 0 Å². The second-order valence-corrected chi connectivity index (χ2v) is 12.0. The van der Waals surface area contributed by atoms with Gasteiger partial charge in [0, 0.05) is 0 Å². The van der Waals surface area contributed by atoms with Crippen molar-refractivity contribution in [3.05, 3.63) is 107 Å². The fourth-order valence-corrected chi connectivity index (χ4v) is 7.51. The number of nitrogens with one attached hydrogen (secondary N) is 1. The molecule has 9 heteroatoms. The molecule has 3 aromatic rings. The van der Waals surface area contributed by atoms with Crippen LogP contribution in [0.25, 0.3) is 5.57 Å². The number of para-hydroxylation sites is 1. The Hall–Kier alpha value is -3.66. The summed E-state index contributed by atoms with van der Waals surface area (Å²) in [6.45, 7) is 0.689. The Morgan fingerprint density at radius 1 is 1.07 bits per heavy atom. The molecule has 2 heterocycles. The van der Waals surface area contributed by atoms with Crippen molar-refractivity contribution >= 4 is 28.1 Å². The van der Waals surface area contributed by atoms with Crippen molar-refractivity contribution in [2.45, 2.75) is 50.6 Å². The Morgan fingerprint density at radius 2 is 1.85 bits per heavy atom. The van der Waals surface area contributed by atoms with Crippen molar-refractivity contribution < 1.29 is 23.1 Å². The van der Waals surface area contributed by atoms with E-state index in [1.54, 1.807) is 18.3 Å². The van der Waals surface area contributed by atoms with E-state index in [0.717, 1.165) is 24.6 Å². The molecule has 2 atom stereocenters. The third kappa shape index (κ3) is 5.88. The molecular formula is C32H32FN3O4S. The molecule has 1 saturated carbocycles. The van der Waals surface area contributed by atoms with Gasteiger partial charge in [0.1, 0.15) is 0 Å². The molecule has 7 nitrogen and oxygen atoms in total. The van der Waals surface area contributed by atoms with Gasteiger partial charge in [-0.2, -0.15) is 0 Å². The van der Waals surface area contributed by atoms with E-state index in [4.69, 9.17) is 4.74 Å². The van der Waals surface area contributed by atoms with E-state index < -0.39 is 28.2 Å². The van der Waals surface area contributed by atoms with Crippen LogP contribution in [0.15, 0.2) is 89.7 Å². The number of nitrogens with zero attached hydrogens (tertiary/aromatic N) is 2. The van der Waals surface area contributed by atoms with Crippen LogP contribution in [0.1, 0.15) is 54.4 Å². The molecule has 0 bridgehead atoms. The number of aromatic carboxylic acids is 1. The third-order valence-corrected chi connectivity index (χ3v) is 9.55. The molecule has 41 heavy (non-hydrogen) atoms. The quantitative estimate of drug-likeness (QED) is 0.265.